The second-order valence-corrected chi connectivity index (χ2v) is 9.88. The normalized spacial score (nSPS) is 17.8. The Morgan fingerprint density at radius 2 is 1.91 bits per heavy atom. The van der Waals surface area contributed by atoms with Crippen molar-refractivity contribution >= 4 is 45.6 Å². The summed E-state index contributed by atoms with van der Waals surface area (Å²) in [4.78, 5) is 11.7. The van der Waals surface area contributed by atoms with Crippen LogP contribution in [0.5, 0.6) is 0 Å². The average Bonchev–Trinajstić information content (AvgIpc) is 2.75. The van der Waals surface area contributed by atoms with E-state index < -0.39 is 28.9 Å². The molecule has 0 heterocycles. The quantitative estimate of drug-likeness (QED) is 0.427. The summed E-state index contributed by atoms with van der Waals surface area (Å²) in [5, 5.41) is 5.58. The summed E-state index contributed by atoms with van der Waals surface area (Å²) < 4.78 is 50.4. The second kappa shape index (κ2) is 10.8. The van der Waals surface area contributed by atoms with E-state index in [1.807, 2.05) is 23.5 Å². The summed E-state index contributed by atoms with van der Waals surface area (Å²) in [7, 11) is -1.42. The van der Waals surface area contributed by atoms with Crippen molar-refractivity contribution in [2.24, 2.45) is 0 Å². The molecule has 10 heteroatoms. The fraction of sp³-hybridized carbons (Fsp3) is 0.261. The molecular weight excluding hydrogens is 496 g/mol. The number of hydrogen-bond donors (Lipinski definition) is 2. The van der Waals surface area contributed by atoms with Crippen LogP contribution in [0.25, 0.3) is 0 Å². The second-order valence-electron chi connectivity index (χ2n) is 7.46. The first-order valence-electron chi connectivity index (χ1n) is 9.97. The lowest BCUT2D eigenvalue weighted by Gasteiger charge is -2.17. The van der Waals surface area contributed by atoms with Gasteiger partial charge in [-0.3, -0.25) is 9.00 Å². The Kier molecular flexibility index (Phi) is 8.26. The van der Waals surface area contributed by atoms with E-state index in [1.165, 1.54) is 6.92 Å². The van der Waals surface area contributed by atoms with Crippen LogP contribution in [0.15, 0.2) is 71.3 Å². The highest BCUT2D eigenvalue weighted by atomic mass is 35.5. The minimum Gasteiger partial charge on any atom is -0.355 e. The zero-order valence-corrected chi connectivity index (χ0v) is 19.8. The Bertz CT molecular complexity index is 1100. The maximum atomic E-state index is 13.1. The van der Waals surface area contributed by atoms with Crippen LogP contribution in [0.3, 0.4) is 0 Å². The maximum Gasteiger partial charge on any atom is 0.471 e. The highest BCUT2D eigenvalue weighted by Crippen LogP contribution is 2.28. The van der Waals surface area contributed by atoms with Crippen molar-refractivity contribution in [3.05, 3.63) is 82.5 Å². The third-order valence-corrected chi connectivity index (χ3v) is 6.90. The molecule has 3 rings (SSSR count). The number of allylic oxidation sites excluding steroid dienone is 3. The van der Waals surface area contributed by atoms with E-state index >= 15 is 0 Å². The molecule has 0 spiro atoms. The molecule has 2 aromatic rings. The van der Waals surface area contributed by atoms with Gasteiger partial charge in [-0.25, -0.2) is 0 Å². The number of nitrogens with one attached hydrogen (secondary N) is 2. The molecule has 0 saturated heterocycles. The molecule has 4 nitrogen and oxygen atoms in total. The highest BCUT2D eigenvalue weighted by molar-refractivity contribution is 7.84. The van der Waals surface area contributed by atoms with Crippen molar-refractivity contribution in [1.82, 2.24) is 5.32 Å². The molecule has 2 N–H and O–H groups in total. The number of benzene rings is 2. The molecule has 1 aliphatic rings. The molecule has 33 heavy (non-hydrogen) atoms. The third kappa shape index (κ3) is 7.09. The fourth-order valence-corrected chi connectivity index (χ4v) is 4.69. The Balaban J connectivity index is 1.70. The summed E-state index contributed by atoms with van der Waals surface area (Å²) in [6, 6.07) is 10.8. The van der Waals surface area contributed by atoms with Gasteiger partial charge in [0, 0.05) is 10.7 Å². The van der Waals surface area contributed by atoms with Gasteiger partial charge in [0.15, 0.2) is 0 Å². The predicted octanol–water partition coefficient (Wildman–Crippen LogP) is 6.25. The summed E-state index contributed by atoms with van der Waals surface area (Å²) in [5.41, 5.74) is 2.68. The molecule has 0 radical (unpaired) electrons. The highest BCUT2D eigenvalue weighted by Gasteiger charge is 2.39. The average molecular weight is 517 g/mol. The van der Waals surface area contributed by atoms with Crippen molar-refractivity contribution in [2.75, 3.05) is 5.32 Å². The van der Waals surface area contributed by atoms with Crippen molar-refractivity contribution < 1.29 is 22.2 Å². The smallest absolute Gasteiger partial charge is 0.355 e. The van der Waals surface area contributed by atoms with E-state index in [2.05, 4.69) is 5.32 Å². The van der Waals surface area contributed by atoms with Gasteiger partial charge in [-0.15, -0.1) is 11.6 Å². The molecule has 2 unspecified atom stereocenters. The van der Waals surface area contributed by atoms with E-state index in [9.17, 15) is 22.2 Å². The van der Waals surface area contributed by atoms with E-state index in [0.717, 1.165) is 11.3 Å². The largest absolute Gasteiger partial charge is 0.471 e. The summed E-state index contributed by atoms with van der Waals surface area (Å²) in [6.45, 7) is 1.46. The van der Waals surface area contributed by atoms with Gasteiger partial charge in [0.1, 0.15) is 0 Å². The van der Waals surface area contributed by atoms with E-state index in [0.29, 0.717) is 27.6 Å². The third-order valence-electron chi connectivity index (χ3n) is 4.90. The van der Waals surface area contributed by atoms with Crippen LogP contribution in [0.2, 0.25) is 5.02 Å². The molecule has 176 valence electrons. The van der Waals surface area contributed by atoms with Crippen molar-refractivity contribution in [1.29, 1.82) is 0 Å². The predicted molar refractivity (Wildman–Crippen MR) is 126 cm³/mol. The topological polar surface area (TPSA) is 58.2 Å². The Hall–Kier alpha value is -2.29. The van der Waals surface area contributed by atoms with Crippen molar-refractivity contribution in [3.8, 4) is 0 Å². The number of carbonyl (C=O) groups is 1. The van der Waals surface area contributed by atoms with Crippen LogP contribution < -0.4 is 10.6 Å². The van der Waals surface area contributed by atoms with Crippen LogP contribution in [0, 0.1) is 0 Å². The number of amides is 1. The minimum absolute atomic E-state index is 0.0593. The van der Waals surface area contributed by atoms with E-state index in [1.54, 1.807) is 42.5 Å². The molecular formula is C23H21Cl2F3N2O2S. The molecule has 0 bridgehead atoms. The SMILES string of the molecule is C[C@H](NC(=O)C(F)(F)F)c1ccc(CS(=O)c2ccc(Cl)cc2NC2=CCC(Cl)C=C2)cc1. The lowest BCUT2D eigenvalue weighted by Crippen LogP contribution is -2.38. The summed E-state index contributed by atoms with van der Waals surface area (Å²) >= 11 is 12.2. The Labute approximate surface area is 202 Å². The molecule has 2 aromatic carbocycles. The van der Waals surface area contributed by atoms with Crippen LogP contribution in [0.1, 0.15) is 30.5 Å². The Morgan fingerprint density at radius 3 is 2.52 bits per heavy atom. The summed E-state index contributed by atoms with van der Waals surface area (Å²) in [5.74, 6) is -1.80. The van der Waals surface area contributed by atoms with Crippen LogP contribution >= 0.6 is 23.2 Å². The minimum atomic E-state index is -4.94. The molecule has 1 aliphatic carbocycles. The van der Waals surface area contributed by atoms with Gasteiger partial charge in [0.2, 0.25) is 0 Å². The van der Waals surface area contributed by atoms with Gasteiger partial charge in [-0.2, -0.15) is 13.2 Å². The molecule has 0 aliphatic heterocycles. The van der Waals surface area contributed by atoms with E-state index in [4.69, 9.17) is 23.2 Å². The standard InChI is InChI=1S/C23H21Cl2F3N2O2S/c1-14(29-22(31)23(26,27)28)16-4-2-15(3-5-16)13-33(32)21-11-8-18(25)12-20(21)30-19-9-6-17(24)7-10-19/h2-6,8-12,14,17,30H,7,13H2,1H3,(H,29,31)/t14-,17?,33?/m0/s1. The molecule has 0 saturated carbocycles. The Morgan fingerprint density at radius 1 is 1.21 bits per heavy atom. The fourth-order valence-electron chi connectivity index (χ4n) is 3.13. The lowest BCUT2D eigenvalue weighted by molar-refractivity contribution is -0.174. The molecule has 0 aromatic heterocycles. The van der Waals surface area contributed by atoms with Gasteiger partial charge in [-0.1, -0.05) is 48.0 Å². The maximum absolute atomic E-state index is 13.1. The van der Waals surface area contributed by atoms with Gasteiger partial charge in [0.05, 0.1) is 38.6 Å². The number of anilines is 1. The van der Waals surface area contributed by atoms with Crippen LogP contribution in [-0.2, 0) is 21.3 Å². The number of hydrogen-bond acceptors (Lipinski definition) is 3. The first-order valence-corrected chi connectivity index (χ1v) is 12.1. The van der Waals surface area contributed by atoms with Crippen molar-refractivity contribution in [3.63, 3.8) is 0 Å². The van der Waals surface area contributed by atoms with E-state index in [-0.39, 0.29) is 11.1 Å². The number of halogens is 5. The van der Waals surface area contributed by atoms with Crippen LogP contribution in [-0.4, -0.2) is 21.7 Å². The first-order chi connectivity index (χ1) is 15.5. The number of alkyl halides is 4. The molecule has 3 atom stereocenters. The lowest BCUT2D eigenvalue weighted by atomic mass is 10.1. The van der Waals surface area contributed by atoms with Gasteiger partial charge in [0.25, 0.3) is 0 Å². The van der Waals surface area contributed by atoms with Gasteiger partial charge < -0.3 is 10.6 Å². The van der Waals surface area contributed by atoms with Crippen LogP contribution in [0.4, 0.5) is 18.9 Å². The zero-order chi connectivity index (χ0) is 24.2. The van der Waals surface area contributed by atoms with Gasteiger partial charge in [-0.05, 0) is 48.7 Å². The van der Waals surface area contributed by atoms with Crippen molar-refractivity contribution in [2.45, 2.75) is 41.6 Å². The number of rotatable bonds is 7. The monoisotopic (exact) mass is 516 g/mol. The molecule has 0 fully saturated rings. The van der Waals surface area contributed by atoms with Gasteiger partial charge >= 0.3 is 12.1 Å². The molecule has 1 amide bonds. The summed E-state index contributed by atoms with van der Waals surface area (Å²) in [6.07, 6.45) is 1.40. The first kappa shape index (κ1) is 25.3. The zero-order valence-electron chi connectivity index (χ0n) is 17.5. The number of carbonyl (C=O) groups excluding carboxylic acids is 1.